The zero-order valence-electron chi connectivity index (χ0n) is 12.2. The van der Waals surface area contributed by atoms with Crippen LogP contribution < -0.4 is 11.1 Å². The molecule has 1 aliphatic carbocycles. The van der Waals surface area contributed by atoms with Gasteiger partial charge in [-0.2, -0.15) is 0 Å². The van der Waals surface area contributed by atoms with Gasteiger partial charge in [0.1, 0.15) is 0 Å². The number of anilines is 2. The van der Waals surface area contributed by atoms with Gasteiger partial charge in [0.15, 0.2) is 0 Å². The summed E-state index contributed by atoms with van der Waals surface area (Å²) < 4.78 is 0. The van der Waals surface area contributed by atoms with Crippen LogP contribution in [-0.4, -0.2) is 30.9 Å². The minimum absolute atomic E-state index is 0.0935. The Morgan fingerprint density at radius 1 is 1.38 bits per heavy atom. The van der Waals surface area contributed by atoms with Gasteiger partial charge < -0.3 is 16.0 Å². The normalized spacial score (nSPS) is 15.0. The first-order valence-electron chi connectivity index (χ1n) is 7.18. The molecule has 116 valence electrons. The lowest BCUT2D eigenvalue weighted by atomic mass is 9.85. The van der Waals surface area contributed by atoms with Crippen LogP contribution in [0.2, 0.25) is 10.0 Å². The smallest absolute Gasteiger partial charge is 0.225 e. The number of carbonyl (C=O) groups excluding carboxylic acids is 1. The van der Waals surface area contributed by atoms with Gasteiger partial charge in [-0.1, -0.05) is 29.6 Å². The summed E-state index contributed by atoms with van der Waals surface area (Å²) >= 11 is 12.1. The van der Waals surface area contributed by atoms with E-state index in [1.807, 2.05) is 0 Å². The van der Waals surface area contributed by atoms with Gasteiger partial charge in [-0.3, -0.25) is 4.79 Å². The maximum absolute atomic E-state index is 12.0. The Kier molecular flexibility index (Phi) is 5.73. The first-order chi connectivity index (χ1) is 9.95. The topological polar surface area (TPSA) is 58.4 Å². The third kappa shape index (κ3) is 4.77. The highest BCUT2D eigenvalue weighted by atomic mass is 35.5. The Morgan fingerprint density at radius 3 is 2.52 bits per heavy atom. The third-order valence-corrected chi connectivity index (χ3v) is 4.44. The van der Waals surface area contributed by atoms with E-state index in [2.05, 4.69) is 17.3 Å². The van der Waals surface area contributed by atoms with E-state index in [1.54, 1.807) is 12.1 Å². The Bertz CT molecular complexity index is 495. The van der Waals surface area contributed by atoms with Crippen LogP contribution in [0, 0.1) is 5.92 Å². The number of halogens is 2. The highest BCUT2D eigenvalue weighted by Gasteiger charge is 2.19. The summed E-state index contributed by atoms with van der Waals surface area (Å²) in [6.45, 7) is 1.79. The highest BCUT2D eigenvalue weighted by Crippen LogP contribution is 2.33. The van der Waals surface area contributed by atoms with Crippen LogP contribution in [0.5, 0.6) is 0 Å². The number of hydrogen-bond acceptors (Lipinski definition) is 3. The van der Waals surface area contributed by atoms with E-state index in [-0.39, 0.29) is 5.91 Å². The lowest BCUT2D eigenvalue weighted by Gasteiger charge is -2.30. The molecule has 0 saturated heterocycles. The molecule has 1 saturated carbocycles. The van der Waals surface area contributed by atoms with E-state index in [1.165, 1.54) is 19.3 Å². The van der Waals surface area contributed by atoms with Gasteiger partial charge in [-0.25, -0.2) is 0 Å². The molecule has 1 amide bonds. The van der Waals surface area contributed by atoms with Crippen molar-refractivity contribution in [3.05, 3.63) is 22.2 Å². The Labute approximate surface area is 135 Å². The molecule has 0 unspecified atom stereocenters. The van der Waals surface area contributed by atoms with E-state index < -0.39 is 0 Å². The van der Waals surface area contributed by atoms with Crippen molar-refractivity contribution in [2.75, 3.05) is 31.2 Å². The van der Waals surface area contributed by atoms with E-state index in [4.69, 9.17) is 28.9 Å². The largest absolute Gasteiger partial charge is 0.399 e. The average Bonchev–Trinajstić information content (AvgIpc) is 2.35. The van der Waals surface area contributed by atoms with Crippen molar-refractivity contribution in [3.63, 3.8) is 0 Å². The molecule has 1 aliphatic rings. The zero-order chi connectivity index (χ0) is 15.4. The number of amides is 1. The fraction of sp³-hybridized carbons (Fsp3) is 0.533. The molecular weight excluding hydrogens is 309 g/mol. The molecule has 21 heavy (non-hydrogen) atoms. The highest BCUT2D eigenvalue weighted by molar-refractivity contribution is 6.40. The van der Waals surface area contributed by atoms with Crippen LogP contribution in [0.15, 0.2) is 12.1 Å². The van der Waals surface area contributed by atoms with Crippen LogP contribution in [0.4, 0.5) is 11.4 Å². The lowest BCUT2D eigenvalue weighted by Crippen LogP contribution is -2.31. The number of carbonyl (C=O) groups is 1. The summed E-state index contributed by atoms with van der Waals surface area (Å²) in [5, 5.41) is 3.47. The molecule has 0 heterocycles. The van der Waals surface area contributed by atoms with Crippen molar-refractivity contribution in [1.29, 1.82) is 0 Å². The minimum atomic E-state index is -0.0935. The molecule has 4 nitrogen and oxygen atoms in total. The van der Waals surface area contributed by atoms with E-state index in [0.717, 1.165) is 19.0 Å². The number of benzene rings is 1. The molecule has 0 radical (unpaired) electrons. The molecule has 1 aromatic rings. The van der Waals surface area contributed by atoms with Crippen molar-refractivity contribution in [2.45, 2.75) is 25.7 Å². The molecule has 0 bridgehead atoms. The predicted octanol–water partition coefficient (Wildman–Crippen LogP) is 3.64. The maximum Gasteiger partial charge on any atom is 0.225 e. The molecule has 1 fully saturated rings. The first-order valence-corrected chi connectivity index (χ1v) is 7.94. The van der Waals surface area contributed by atoms with Crippen molar-refractivity contribution in [3.8, 4) is 0 Å². The SMILES string of the molecule is CN(CCC(=O)Nc1c(Cl)cc(N)cc1Cl)CC1CCC1. The molecule has 6 heteroatoms. The summed E-state index contributed by atoms with van der Waals surface area (Å²) in [7, 11) is 2.05. The quantitative estimate of drug-likeness (QED) is 0.783. The van der Waals surface area contributed by atoms with Crippen LogP contribution in [0.3, 0.4) is 0 Å². The third-order valence-electron chi connectivity index (χ3n) is 3.84. The summed E-state index contributed by atoms with van der Waals surface area (Å²) in [6.07, 6.45) is 4.38. The number of nitrogens with two attached hydrogens (primary N) is 1. The van der Waals surface area contributed by atoms with Gasteiger partial charge in [-0.15, -0.1) is 0 Å². The minimum Gasteiger partial charge on any atom is -0.399 e. The molecule has 3 N–H and O–H groups in total. The number of nitrogen functional groups attached to an aromatic ring is 1. The second kappa shape index (κ2) is 7.34. The molecule has 0 spiro atoms. The van der Waals surface area contributed by atoms with E-state index >= 15 is 0 Å². The molecule has 0 atom stereocenters. The van der Waals surface area contributed by atoms with Gasteiger partial charge in [0.05, 0.1) is 15.7 Å². The van der Waals surface area contributed by atoms with Gasteiger partial charge >= 0.3 is 0 Å². The summed E-state index contributed by atoms with van der Waals surface area (Å²) in [5.41, 5.74) is 6.54. The number of hydrogen-bond donors (Lipinski definition) is 2. The summed E-state index contributed by atoms with van der Waals surface area (Å²) in [5.74, 6) is 0.711. The fourth-order valence-electron chi connectivity index (χ4n) is 2.41. The lowest BCUT2D eigenvalue weighted by molar-refractivity contribution is -0.116. The molecule has 1 aromatic carbocycles. The first kappa shape index (κ1) is 16.4. The van der Waals surface area contributed by atoms with Crippen LogP contribution in [0.1, 0.15) is 25.7 Å². The van der Waals surface area contributed by atoms with Gasteiger partial charge in [0.25, 0.3) is 0 Å². The fourth-order valence-corrected chi connectivity index (χ4v) is 3.01. The second-order valence-corrected chi connectivity index (χ2v) is 6.53. The molecular formula is C15H21Cl2N3O. The molecule has 2 rings (SSSR count). The van der Waals surface area contributed by atoms with E-state index in [0.29, 0.717) is 27.8 Å². The van der Waals surface area contributed by atoms with Gasteiger partial charge in [-0.05, 0) is 37.9 Å². The number of nitrogens with zero attached hydrogens (tertiary/aromatic N) is 1. The van der Waals surface area contributed by atoms with Crippen LogP contribution in [0.25, 0.3) is 0 Å². The van der Waals surface area contributed by atoms with Crippen molar-refractivity contribution < 1.29 is 4.79 Å². The Morgan fingerprint density at radius 2 is 2.00 bits per heavy atom. The van der Waals surface area contributed by atoms with Crippen molar-refractivity contribution in [1.82, 2.24) is 4.90 Å². The van der Waals surface area contributed by atoms with E-state index in [9.17, 15) is 4.79 Å². The number of nitrogens with one attached hydrogen (secondary N) is 1. The Hall–Kier alpha value is -0.970. The maximum atomic E-state index is 12.0. The molecule has 0 aliphatic heterocycles. The predicted molar refractivity (Wildman–Crippen MR) is 89.0 cm³/mol. The second-order valence-electron chi connectivity index (χ2n) is 5.72. The van der Waals surface area contributed by atoms with Crippen LogP contribution >= 0.6 is 23.2 Å². The standard InChI is InChI=1S/C15H21Cl2N3O/c1-20(9-10-3-2-4-10)6-5-14(21)19-15-12(16)7-11(18)8-13(15)17/h7-8,10H,2-6,9,18H2,1H3,(H,19,21). The van der Waals surface area contributed by atoms with Crippen LogP contribution in [-0.2, 0) is 4.79 Å². The zero-order valence-corrected chi connectivity index (χ0v) is 13.7. The van der Waals surface area contributed by atoms with Gasteiger partial charge in [0, 0.05) is 25.2 Å². The van der Waals surface area contributed by atoms with Gasteiger partial charge in [0.2, 0.25) is 5.91 Å². The van der Waals surface area contributed by atoms with Crippen molar-refractivity contribution in [2.24, 2.45) is 5.92 Å². The number of rotatable bonds is 6. The Balaban J connectivity index is 1.81. The summed E-state index contributed by atoms with van der Waals surface area (Å²) in [6, 6.07) is 3.15. The van der Waals surface area contributed by atoms with Crippen molar-refractivity contribution >= 4 is 40.5 Å². The molecule has 0 aromatic heterocycles. The average molecular weight is 330 g/mol. The monoisotopic (exact) mass is 329 g/mol. The summed E-state index contributed by atoms with van der Waals surface area (Å²) in [4.78, 5) is 14.2.